The van der Waals surface area contributed by atoms with E-state index in [0.29, 0.717) is 5.92 Å². The van der Waals surface area contributed by atoms with E-state index in [2.05, 4.69) is 44.8 Å². The van der Waals surface area contributed by atoms with Gasteiger partial charge in [0.05, 0.1) is 5.71 Å². The molecule has 0 saturated carbocycles. The van der Waals surface area contributed by atoms with E-state index < -0.39 is 0 Å². The first-order valence-electron chi connectivity index (χ1n) is 5.22. The standard InChI is InChI=1S/C12H24N2/c1-9(2)8-12(6,7)14-13-11(5)10(3)4/h9,14H,3,8H2,1-2,4-7H3. The zero-order valence-electron chi connectivity index (χ0n) is 10.4. The number of hydrogen-bond donors (Lipinski definition) is 1. The third-order valence-corrected chi connectivity index (χ3v) is 2.06. The molecule has 2 heteroatoms. The quantitative estimate of drug-likeness (QED) is 0.529. The van der Waals surface area contributed by atoms with Gasteiger partial charge in [0, 0.05) is 5.54 Å². The Hall–Kier alpha value is -0.790. The first-order chi connectivity index (χ1) is 6.24. The van der Waals surface area contributed by atoms with Crippen molar-refractivity contribution in [1.29, 1.82) is 0 Å². The Morgan fingerprint density at radius 2 is 1.86 bits per heavy atom. The van der Waals surface area contributed by atoms with E-state index in [-0.39, 0.29) is 5.54 Å². The molecule has 2 nitrogen and oxygen atoms in total. The smallest absolute Gasteiger partial charge is 0.0595 e. The molecule has 0 unspecified atom stereocenters. The molecule has 0 aromatic carbocycles. The van der Waals surface area contributed by atoms with E-state index >= 15 is 0 Å². The number of nitrogens with zero attached hydrogens (tertiary/aromatic N) is 1. The van der Waals surface area contributed by atoms with E-state index in [1.54, 1.807) is 0 Å². The van der Waals surface area contributed by atoms with Crippen LogP contribution in [-0.4, -0.2) is 11.3 Å². The first-order valence-corrected chi connectivity index (χ1v) is 5.22. The summed E-state index contributed by atoms with van der Waals surface area (Å²) in [5, 5.41) is 4.32. The van der Waals surface area contributed by atoms with Crippen molar-refractivity contribution in [2.45, 2.75) is 53.5 Å². The van der Waals surface area contributed by atoms with Gasteiger partial charge in [-0.15, -0.1) is 0 Å². The summed E-state index contributed by atoms with van der Waals surface area (Å²) in [6.45, 7) is 16.6. The molecule has 0 amide bonds. The maximum atomic E-state index is 4.32. The van der Waals surface area contributed by atoms with Crippen molar-refractivity contribution in [2.24, 2.45) is 11.0 Å². The highest BCUT2D eigenvalue weighted by atomic mass is 15.3. The van der Waals surface area contributed by atoms with Crippen LogP contribution in [0.1, 0.15) is 48.0 Å². The summed E-state index contributed by atoms with van der Waals surface area (Å²) in [5.41, 5.74) is 5.24. The minimum atomic E-state index is 0.0604. The average Bonchev–Trinajstić information content (AvgIpc) is 1.97. The van der Waals surface area contributed by atoms with Crippen LogP contribution in [0.2, 0.25) is 0 Å². The van der Waals surface area contributed by atoms with E-state index in [4.69, 9.17) is 0 Å². The Morgan fingerprint density at radius 1 is 1.36 bits per heavy atom. The summed E-state index contributed by atoms with van der Waals surface area (Å²) in [7, 11) is 0. The fraction of sp³-hybridized carbons (Fsp3) is 0.750. The van der Waals surface area contributed by atoms with Crippen LogP contribution in [0, 0.1) is 5.92 Å². The van der Waals surface area contributed by atoms with Gasteiger partial charge in [0.2, 0.25) is 0 Å². The number of nitrogens with one attached hydrogen (secondary N) is 1. The molecule has 0 aromatic rings. The summed E-state index contributed by atoms with van der Waals surface area (Å²) in [6.07, 6.45) is 1.11. The van der Waals surface area contributed by atoms with Crippen molar-refractivity contribution < 1.29 is 0 Å². The Morgan fingerprint density at radius 3 is 2.21 bits per heavy atom. The second kappa shape index (κ2) is 5.18. The van der Waals surface area contributed by atoms with Crippen molar-refractivity contribution in [3.05, 3.63) is 12.2 Å². The number of hydrazone groups is 1. The second-order valence-electron chi connectivity index (χ2n) is 5.07. The molecular weight excluding hydrogens is 172 g/mol. The highest BCUT2D eigenvalue weighted by Gasteiger charge is 2.17. The highest BCUT2D eigenvalue weighted by molar-refractivity contribution is 5.96. The predicted molar refractivity (Wildman–Crippen MR) is 64.6 cm³/mol. The predicted octanol–water partition coefficient (Wildman–Crippen LogP) is 3.35. The minimum absolute atomic E-state index is 0.0604. The van der Waals surface area contributed by atoms with Gasteiger partial charge in [0.25, 0.3) is 0 Å². The molecule has 0 fully saturated rings. The number of hydrogen-bond acceptors (Lipinski definition) is 2. The van der Waals surface area contributed by atoms with Crippen LogP contribution >= 0.6 is 0 Å². The van der Waals surface area contributed by atoms with Crippen LogP contribution in [0.15, 0.2) is 17.3 Å². The third-order valence-electron chi connectivity index (χ3n) is 2.06. The zero-order valence-corrected chi connectivity index (χ0v) is 10.4. The van der Waals surface area contributed by atoms with E-state index in [0.717, 1.165) is 17.7 Å². The highest BCUT2D eigenvalue weighted by Crippen LogP contribution is 2.15. The van der Waals surface area contributed by atoms with Crippen molar-refractivity contribution in [3.63, 3.8) is 0 Å². The van der Waals surface area contributed by atoms with Crippen LogP contribution in [0.4, 0.5) is 0 Å². The van der Waals surface area contributed by atoms with E-state index in [1.165, 1.54) is 0 Å². The van der Waals surface area contributed by atoms with Gasteiger partial charge in [-0.3, -0.25) is 0 Å². The molecule has 0 atom stereocenters. The maximum absolute atomic E-state index is 4.32. The van der Waals surface area contributed by atoms with Gasteiger partial charge in [-0.1, -0.05) is 20.4 Å². The maximum Gasteiger partial charge on any atom is 0.0595 e. The van der Waals surface area contributed by atoms with Crippen molar-refractivity contribution in [3.8, 4) is 0 Å². The lowest BCUT2D eigenvalue weighted by Crippen LogP contribution is -2.37. The summed E-state index contributed by atoms with van der Waals surface area (Å²) in [6, 6.07) is 0. The Balaban J connectivity index is 4.23. The molecule has 0 rings (SSSR count). The van der Waals surface area contributed by atoms with Crippen LogP contribution in [0.3, 0.4) is 0 Å². The molecule has 1 N–H and O–H groups in total. The molecule has 0 spiro atoms. The monoisotopic (exact) mass is 196 g/mol. The Labute approximate surface area is 88.5 Å². The van der Waals surface area contributed by atoms with E-state index in [9.17, 15) is 0 Å². The molecule has 0 aliphatic rings. The van der Waals surface area contributed by atoms with Gasteiger partial charge in [0.1, 0.15) is 0 Å². The largest absolute Gasteiger partial charge is 0.304 e. The molecule has 0 aromatic heterocycles. The summed E-state index contributed by atoms with van der Waals surface area (Å²) < 4.78 is 0. The van der Waals surface area contributed by atoms with Crippen molar-refractivity contribution in [2.75, 3.05) is 0 Å². The van der Waals surface area contributed by atoms with Gasteiger partial charge in [0.15, 0.2) is 0 Å². The molecule has 0 saturated heterocycles. The third kappa shape index (κ3) is 5.79. The molecular formula is C12H24N2. The van der Waals surface area contributed by atoms with Crippen molar-refractivity contribution in [1.82, 2.24) is 5.43 Å². The lowest BCUT2D eigenvalue weighted by atomic mass is 9.94. The zero-order chi connectivity index (χ0) is 11.4. The topological polar surface area (TPSA) is 24.4 Å². The normalized spacial score (nSPS) is 13.2. The SMILES string of the molecule is C=C(C)C(C)=NNC(C)(C)CC(C)C. The van der Waals surface area contributed by atoms with Crippen LogP contribution in [0.25, 0.3) is 0 Å². The molecule has 0 bridgehead atoms. The average molecular weight is 196 g/mol. The summed E-state index contributed by atoms with van der Waals surface area (Å²) in [4.78, 5) is 0. The van der Waals surface area contributed by atoms with E-state index in [1.807, 2.05) is 13.8 Å². The minimum Gasteiger partial charge on any atom is -0.304 e. The van der Waals surface area contributed by atoms with Crippen LogP contribution in [0.5, 0.6) is 0 Å². The van der Waals surface area contributed by atoms with Crippen LogP contribution < -0.4 is 5.43 Å². The summed E-state index contributed by atoms with van der Waals surface area (Å²) >= 11 is 0. The van der Waals surface area contributed by atoms with Gasteiger partial charge in [-0.2, -0.15) is 5.10 Å². The fourth-order valence-electron chi connectivity index (χ4n) is 1.40. The fourth-order valence-corrected chi connectivity index (χ4v) is 1.40. The number of rotatable bonds is 5. The second-order valence-corrected chi connectivity index (χ2v) is 5.07. The molecule has 14 heavy (non-hydrogen) atoms. The Bertz CT molecular complexity index is 224. The van der Waals surface area contributed by atoms with Gasteiger partial charge < -0.3 is 5.43 Å². The lowest BCUT2D eigenvalue weighted by molar-refractivity contribution is 0.325. The molecule has 0 aliphatic heterocycles. The van der Waals surface area contributed by atoms with Gasteiger partial charge in [-0.25, -0.2) is 0 Å². The molecule has 0 aliphatic carbocycles. The molecule has 0 heterocycles. The van der Waals surface area contributed by atoms with Crippen molar-refractivity contribution >= 4 is 5.71 Å². The van der Waals surface area contributed by atoms with Gasteiger partial charge >= 0.3 is 0 Å². The Kier molecular flexibility index (Phi) is 4.89. The summed E-state index contributed by atoms with van der Waals surface area (Å²) in [5.74, 6) is 0.679. The lowest BCUT2D eigenvalue weighted by Gasteiger charge is -2.26. The number of allylic oxidation sites excluding steroid dienone is 1. The van der Waals surface area contributed by atoms with Crippen LogP contribution in [-0.2, 0) is 0 Å². The molecule has 82 valence electrons. The molecule has 0 radical (unpaired) electrons. The van der Waals surface area contributed by atoms with Gasteiger partial charge in [-0.05, 0) is 45.6 Å². The first kappa shape index (κ1) is 13.2.